The molecule has 0 aliphatic carbocycles. The van der Waals surface area contributed by atoms with Crippen molar-refractivity contribution in [2.75, 3.05) is 0 Å². The van der Waals surface area contributed by atoms with Crippen molar-refractivity contribution in [3.63, 3.8) is 0 Å². The highest BCUT2D eigenvalue weighted by Crippen LogP contribution is 2.35. The number of carbonyl (C=O) groups is 1. The summed E-state index contributed by atoms with van der Waals surface area (Å²) in [5.41, 5.74) is 16.2. The zero-order valence-electron chi connectivity index (χ0n) is 20.2. The highest BCUT2D eigenvalue weighted by Gasteiger charge is 2.21. The van der Waals surface area contributed by atoms with Crippen molar-refractivity contribution >= 4 is 5.78 Å². The Labute approximate surface area is 182 Å². The molecule has 0 spiro atoms. The number of hydrogen-bond donors (Lipinski definition) is 0. The standard InChI is InChI=1S/C29H34O/c1-15-11-25(26-13-16(2)18(4)20(6)22(26)8)24(10)27(12-15)29(30)28-14-17(3)19(5)21(7)23(28)9/h11-14H,1-10H3. The minimum Gasteiger partial charge on any atom is -0.289 e. The Morgan fingerprint density at radius 3 is 1.53 bits per heavy atom. The van der Waals surface area contributed by atoms with E-state index in [1.54, 1.807) is 0 Å². The predicted octanol–water partition coefficient (Wildman–Crippen LogP) is 7.67. The molecule has 0 amide bonds. The second kappa shape index (κ2) is 7.87. The molecule has 0 N–H and O–H groups in total. The van der Waals surface area contributed by atoms with Crippen LogP contribution in [0.1, 0.15) is 71.6 Å². The number of carbonyl (C=O) groups excluding carboxylic acids is 1. The summed E-state index contributed by atoms with van der Waals surface area (Å²) >= 11 is 0. The molecular formula is C29H34O. The van der Waals surface area contributed by atoms with Gasteiger partial charge in [0, 0.05) is 11.1 Å². The highest BCUT2D eigenvalue weighted by molar-refractivity contribution is 6.12. The zero-order chi connectivity index (χ0) is 22.5. The van der Waals surface area contributed by atoms with Gasteiger partial charge in [-0.3, -0.25) is 4.79 Å². The first-order chi connectivity index (χ1) is 14.0. The van der Waals surface area contributed by atoms with Gasteiger partial charge in [0.05, 0.1) is 0 Å². The van der Waals surface area contributed by atoms with Crippen LogP contribution in [-0.2, 0) is 0 Å². The molecule has 0 saturated heterocycles. The molecule has 0 bridgehead atoms. The molecule has 0 fully saturated rings. The van der Waals surface area contributed by atoms with E-state index in [4.69, 9.17) is 0 Å². The molecule has 0 saturated carbocycles. The summed E-state index contributed by atoms with van der Waals surface area (Å²) in [5.74, 6) is 0.124. The fourth-order valence-electron chi connectivity index (χ4n) is 4.46. The van der Waals surface area contributed by atoms with Crippen LogP contribution in [-0.4, -0.2) is 5.78 Å². The largest absolute Gasteiger partial charge is 0.289 e. The van der Waals surface area contributed by atoms with Crippen LogP contribution < -0.4 is 0 Å². The zero-order valence-corrected chi connectivity index (χ0v) is 20.2. The van der Waals surface area contributed by atoms with Gasteiger partial charge in [-0.25, -0.2) is 0 Å². The van der Waals surface area contributed by atoms with Crippen LogP contribution in [0.25, 0.3) is 11.1 Å². The third kappa shape index (κ3) is 3.51. The van der Waals surface area contributed by atoms with Gasteiger partial charge < -0.3 is 0 Å². The Bertz CT molecular complexity index is 1190. The predicted molar refractivity (Wildman–Crippen MR) is 129 cm³/mol. The molecule has 0 aromatic heterocycles. The fourth-order valence-corrected chi connectivity index (χ4v) is 4.46. The summed E-state index contributed by atoms with van der Waals surface area (Å²) in [6.07, 6.45) is 0. The van der Waals surface area contributed by atoms with E-state index in [-0.39, 0.29) is 5.78 Å². The number of hydrogen-bond acceptors (Lipinski definition) is 1. The lowest BCUT2D eigenvalue weighted by atomic mass is 9.84. The van der Waals surface area contributed by atoms with Crippen LogP contribution in [0.3, 0.4) is 0 Å². The number of aryl methyl sites for hydroxylation is 3. The molecule has 1 nitrogen and oxygen atoms in total. The van der Waals surface area contributed by atoms with Crippen molar-refractivity contribution < 1.29 is 4.79 Å². The van der Waals surface area contributed by atoms with Crippen molar-refractivity contribution in [3.8, 4) is 11.1 Å². The SMILES string of the molecule is Cc1cc(C(=O)c2cc(C)c(C)c(C)c2C)c(C)c(-c2cc(C)c(C)c(C)c2C)c1. The molecule has 3 aromatic rings. The molecule has 0 unspecified atom stereocenters. The van der Waals surface area contributed by atoms with E-state index in [1.165, 1.54) is 50.1 Å². The lowest BCUT2D eigenvalue weighted by Crippen LogP contribution is -2.10. The van der Waals surface area contributed by atoms with Crippen LogP contribution in [0.5, 0.6) is 0 Å². The molecule has 0 aliphatic heterocycles. The van der Waals surface area contributed by atoms with Gasteiger partial charge in [-0.1, -0.05) is 12.1 Å². The summed E-state index contributed by atoms with van der Waals surface area (Å²) < 4.78 is 0. The van der Waals surface area contributed by atoms with Gasteiger partial charge in [0.1, 0.15) is 0 Å². The quantitative estimate of drug-likeness (QED) is 0.414. The first-order valence-corrected chi connectivity index (χ1v) is 10.8. The first-order valence-electron chi connectivity index (χ1n) is 10.8. The summed E-state index contributed by atoms with van der Waals surface area (Å²) in [7, 11) is 0. The summed E-state index contributed by atoms with van der Waals surface area (Å²) in [6, 6.07) is 8.61. The Morgan fingerprint density at radius 2 is 0.933 bits per heavy atom. The first kappa shape index (κ1) is 22.0. The molecule has 0 heterocycles. The Hall–Kier alpha value is -2.67. The minimum absolute atomic E-state index is 0.124. The second-order valence-corrected chi connectivity index (χ2v) is 9.05. The molecule has 30 heavy (non-hydrogen) atoms. The molecule has 1 heteroatoms. The van der Waals surface area contributed by atoms with Gasteiger partial charge in [-0.2, -0.15) is 0 Å². The normalized spacial score (nSPS) is 11.1. The maximum Gasteiger partial charge on any atom is 0.193 e. The summed E-state index contributed by atoms with van der Waals surface area (Å²) in [4.78, 5) is 13.7. The molecular weight excluding hydrogens is 364 g/mol. The third-order valence-electron chi connectivity index (χ3n) is 7.29. The van der Waals surface area contributed by atoms with Gasteiger partial charge in [0.15, 0.2) is 5.78 Å². The van der Waals surface area contributed by atoms with Crippen molar-refractivity contribution in [1.29, 1.82) is 0 Å². The Balaban J connectivity index is 2.27. The van der Waals surface area contributed by atoms with Gasteiger partial charge in [-0.15, -0.1) is 0 Å². The van der Waals surface area contributed by atoms with Crippen LogP contribution >= 0.6 is 0 Å². The number of benzene rings is 3. The molecule has 3 aromatic carbocycles. The summed E-state index contributed by atoms with van der Waals surface area (Å²) in [6.45, 7) is 21.3. The lowest BCUT2D eigenvalue weighted by molar-refractivity contribution is 0.103. The van der Waals surface area contributed by atoms with E-state index < -0.39 is 0 Å². The smallest absolute Gasteiger partial charge is 0.193 e. The monoisotopic (exact) mass is 398 g/mol. The molecule has 0 aliphatic rings. The maximum absolute atomic E-state index is 13.7. The van der Waals surface area contributed by atoms with Crippen LogP contribution in [0.2, 0.25) is 0 Å². The van der Waals surface area contributed by atoms with Crippen molar-refractivity contribution in [2.45, 2.75) is 69.2 Å². The molecule has 0 radical (unpaired) electrons. The van der Waals surface area contributed by atoms with Gasteiger partial charge in [-0.05, 0) is 148 Å². The van der Waals surface area contributed by atoms with Crippen LogP contribution in [0.15, 0.2) is 24.3 Å². The van der Waals surface area contributed by atoms with Crippen LogP contribution in [0, 0.1) is 69.2 Å². The van der Waals surface area contributed by atoms with Crippen molar-refractivity contribution in [2.24, 2.45) is 0 Å². The number of rotatable bonds is 3. The average Bonchev–Trinajstić information content (AvgIpc) is 2.71. The van der Waals surface area contributed by atoms with E-state index >= 15 is 0 Å². The highest BCUT2D eigenvalue weighted by atomic mass is 16.1. The van der Waals surface area contributed by atoms with E-state index in [0.29, 0.717) is 0 Å². The topological polar surface area (TPSA) is 17.1 Å². The molecule has 0 atom stereocenters. The van der Waals surface area contributed by atoms with E-state index in [1.807, 2.05) is 6.07 Å². The van der Waals surface area contributed by atoms with Crippen molar-refractivity contribution in [1.82, 2.24) is 0 Å². The van der Waals surface area contributed by atoms with E-state index in [2.05, 4.69) is 87.4 Å². The molecule has 3 rings (SSSR count). The average molecular weight is 399 g/mol. The Morgan fingerprint density at radius 1 is 0.467 bits per heavy atom. The van der Waals surface area contributed by atoms with Gasteiger partial charge >= 0.3 is 0 Å². The minimum atomic E-state index is 0.124. The maximum atomic E-state index is 13.7. The molecule has 156 valence electrons. The van der Waals surface area contributed by atoms with E-state index in [9.17, 15) is 4.79 Å². The third-order valence-corrected chi connectivity index (χ3v) is 7.29. The second-order valence-electron chi connectivity index (χ2n) is 9.05. The van der Waals surface area contributed by atoms with Gasteiger partial charge in [0.2, 0.25) is 0 Å². The fraction of sp³-hybridized carbons (Fsp3) is 0.345. The van der Waals surface area contributed by atoms with Gasteiger partial charge in [0.25, 0.3) is 0 Å². The van der Waals surface area contributed by atoms with Crippen molar-refractivity contribution in [3.05, 3.63) is 91.0 Å². The van der Waals surface area contributed by atoms with Crippen LogP contribution in [0.4, 0.5) is 0 Å². The summed E-state index contributed by atoms with van der Waals surface area (Å²) in [5, 5.41) is 0. The lowest BCUT2D eigenvalue weighted by Gasteiger charge is -2.19. The number of ketones is 1. The van der Waals surface area contributed by atoms with E-state index in [0.717, 1.165) is 27.8 Å². The Kier molecular flexibility index (Phi) is 5.78.